The highest BCUT2D eigenvalue weighted by Crippen LogP contribution is 2.15. The molecule has 0 spiro atoms. The van der Waals surface area contributed by atoms with Crippen molar-refractivity contribution in [1.29, 1.82) is 0 Å². The van der Waals surface area contributed by atoms with Crippen LogP contribution in [-0.2, 0) is 4.79 Å². The molecule has 0 aliphatic rings. The molecule has 0 fully saturated rings. The monoisotopic (exact) mass is 198 g/mol. The van der Waals surface area contributed by atoms with Gasteiger partial charge in [-0.15, -0.1) is 0 Å². The predicted molar refractivity (Wildman–Crippen MR) is 62.5 cm³/mol. The summed E-state index contributed by atoms with van der Waals surface area (Å²) in [6, 6.07) is 0. The molecule has 0 aromatic rings. The van der Waals surface area contributed by atoms with E-state index in [0.717, 1.165) is 6.42 Å². The smallest absolute Gasteiger partial charge is 0.132 e. The maximum absolute atomic E-state index is 11.2. The highest BCUT2D eigenvalue weighted by atomic mass is 16.1. The van der Waals surface area contributed by atoms with Crippen LogP contribution in [0.25, 0.3) is 0 Å². The molecule has 0 heterocycles. The van der Waals surface area contributed by atoms with Gasteiger partial charge in [0.25, 0.3) is 0 Å². The number of hydrogen-bond acceptors (Lipinski definition) is 1. The second kappa shape index (κ2) is 9.23. The van der Waals surface area contributed by atoms with Gasteiger partial charge >= 0.3 is 0 Å². The van der Waals surface area contributed by atoms with E-state index < -0.39 is 0 Å². The van der Waals surface area contributed by atoms with Crippen molar-refractivity contribution in [2.75, 3.05) is 0 Å². The first kappa shape index (κ1) is 13.7. The Bertz CT molecular complexity index is 140. The predicted octanol–water partition coefficient (Wildman–Crippen LogP) is 4.35. The minimum absolute atomic E-state index is 0.422. The minimum atomic E-state index is 0.422. The molecule has 84 valence electrons. The molecule has 0 radical (unpaired) electrons. The molecule has 0 aromatic carbocycles. The highest BCUT2D eigenvalue weighted by Gasteiger charge is 2.06. The topological polar surface area (TPSA) is 17.1 Å². The second-order valence-corrected chi connectivity index (χ2v) is 4.40. The molecule has 0 saturated carbocycles. The molecule has 1 nitrogen and oxygen atoms in total. The van der Waals surface area contributed by atoms with Gasteiger partial charge in [0.05, 0.1) is 0 Å². The Kier molecular flexibility index (Phi) is 9.02. The molecule has 0 aliphatic carbocycles. The summed E-state index contributed by atoms with van der Waals surface area (Å²) in [6.45, 7) is 6.40. The van der Waals surface area contributed by atoms with E-state index in [1.807, 2.05) is 6.92 Å². The standard InChI is InChI=1S/C13H26O/c1-4-6-7-8-9-10-12(3)11-13(14)5-2/h12H,4-11H2,1-3H3/t12-/m1/s1. The van der Waals surface area contributed by atoms with E-state index in [4.69, 9.17) is 0 Å². The van der Waals surface area contributed by atoms with E-state index in [0.29, 0.717) is 18.1 Å². The highest BCUT2D eigenvalue weighted by molar-refractivity contribution is 5.78. The fourth-order valence-corrected chi connectivity index (χ4v) is 1.73. The molecule has 1 heteroatoms. The molecule has 0 bridgehead atoms. The number of carbonyl (C=O) groups is 1. The average molecular weight is 198 g/mol. The van der Waals surface area contributed by atoms with Crippen LogP contribution in [0.3, 0.4) is 0 Å². The van der Waals surface area contributed by atoms with E-state index in [1.165, 1.54) is 38.5 Å². The van der Waals surface area contributed by atoms with Crippen LogP contribution in [-0.4, -0.2) is 5.78 Å². The van der Waals surface area contributed by atoms with Crippen LogP contribution < -0.4 is 0 Å². The summed E-state index contributed by atoms with van der Waals surface area (Å²) in [4.78, 5) is 11.2. The summed E-state index contributed by atoms with van der Waals surface area (Å²) in [5.41, 5.74) is 0. The van der Waals surface area contributed by atoms with Gasteiger partial charge in [0.1, 0.15) is 5.78 Å². The Balaban J connectivity index is 3.26. The van der Waals surface area contributed by atoms with Crippen LogP contribution in [0.1, 0.15) is 72.1 Å². The fourth-order valence-electron chi connectivity index (χ4n) is 1.73. The van der Waals surface area contributed by atoms with Gasteiger partial charge < -0.3 is 0 Å². The summed E-state index contributed by atoms with van der Waals surface area (Å²) in [5, 5.41) is 0. The van der Waals surface area contributed by atoms with E-state index in [-0.39, 0.29) is 0 Å². The number of Topliss-reactive ketones (excluding diaryl/α,β-unsaturated/α-hetero) is 1. The van der Waals surface area contributed by atoms with Crippen molar-refractivity contribution in [3.8, 4) is 0 Å². The molecular formula is C13H26O. The Morgan fingerprint density at radius 2 is 1.71 bits per heavy atom. The summed E-state index contributed by atoms with van der Waals surface area (Å²) in [5.74, 6) is 1.02. The Hall–Kier alpha value is -0.330. The lowest BCUT2D eigenvalue weighted by Gasteiger charge is -2.09. The Morgan fingerprint density at radius 3 is 2.29 bits per heavy atom. The van der Waals surface area contributed by atoms with Crippen molar-refractivity contribution in [3.63, 3.8) is 0 Å². The lowest BCUT2D eigenvalue weighted by molar-refractivity contribution is -0.119. The molecule has 0 rings (SSSR count). The van der Waals surface area contributed by atoms with Gasteiger partial charge in [0, 0.05) is 12.8 Å². The molecule has 0 N–H and O–H groups in total. The van der Waals surface area contributed by atoms with Gasteiger partial charge in [-0.3, -0.25) is 4.79 Å². The van der Waals surface area contributed by atoms with Crippen molar-refractivity contribution >= 4 is 5.78 Å². The van der Waals surface area contributed by atoms with Crippen LogP contribution in [0, 0.1) is 5.92 Å². The van der Waals surface area contributed by atoms with Crippen LogP contribution in [0.5, 0.6) is 0 Å². The van der Waals surface area contributed by atoms with E-state index in [1.54, 1.807) is 0 Å². The lowest BCUT2D eigenvalue weighted by Crippen LogP contribution is -2.04. The quantitative estimate of drug-likeness (QED) is 0.503. The van der Waals surface area contributed by atoms with Gasteiger partial charge in [-0.1, -0.05) is 59.3 Å². The number of unbranched alkanes of at least 4 members (excludes halogenated alkanes) is 4. The third-order valence-electron chi connectivity index (χ3n) is 2.77. The zero-order chi connectivity index (χ0) is 10.8. The zero-order valence-electron chi connectivity index (χ0n) is 10.1. The first-order valence-electron chi connectivity index (χ1n) is 6.22. The first-order chi connectivity index (χ1) is 6.70. The SMILES string of the molecule is CCCCCCC[C@@H](C)CC(=O)CC. The average Bonchev–Trinajstić information content (AvgIpc) is 2.17. The van der Waals surface area contributed by atoms with E-state index in [2.05, 4.69) is 13.8 Å². The van der Waals surface area contributed by atoms with Crippen LogP contribution in [0.15, 0.2) is 0 Å². The van der Waals surface area contributed by atoms with Crippen molar-refractivity contribution in [2.24, 2.45) is 5.92 Å². The van der Waals surface area contributed by atoms with Crippen molar-refractivity contribution < 1.29 is 4.79 Å². The molecule has 0 aliphatic heterocycles. The van der Waals surface area contributed by atoms with E-state index >= 15 is 0 Å². The van der Waals surface area contributed by atoms with Crippen LogP contribution >= 0.6 is 0 Å². The van der Waals surface area contributed by atoms with Crippen molar-refractivity contribution in [3.05, 3.63) is 0 Å². The maximum atomic E-state index is 11.2. The molecule has 1 atom stereocenters. The van der Waals surface area contributed by atoms with Gasteiger partial charge in [0.2, 0.25) is 0 Å². The lowest BCUT2D eigenvalue weighted by atomic mass is 9.96. The fraction of sp³-hybridized carbons (Fsp3) is 0.923. The summed E-state index contributed by atoms with van der Waals surface area (Å²) in [6.07, 6.45) is 9.42. The molecule has 0 unspecified atom stereocenters. The van der Waals surface area contributed by atoms with Crippen LogP contribution in [0.4, 0.5) is 0 Å². The zero-order valence-corrected chi connectivity index (χ0v) is 10.1. The molecule has 0 aromatic heterocycles. The number of rotatable bonds is 9. The van der Waals surface area contributed by atoms with Crippen molar-refractivity contribution in [2.45, 2.75) is 72.1 Å². The largest absolute Gasteiger partial charge is 0.300 e. The summed E-state index contributed by atoms with van der Waals surface area (Å²) >= 11 is 0. The molecular weight excluding hydrogens is 172 g/mol. The number of ketones is 1. The summed E-state index contributed by atoms with van der Waals surface area (Å²) < 4.78 is 0. The van der Waals surface area contributed by atoms with E-state index in [9.17, 15) is 4.79 Å². The third kappa shape index (κ3) is 8.28. The van der Waals surface area contributed by atoms with Crippen LogP contribution in [0.2, 0.25) is 0 Å². The summed E-state index contributed by atoms with van der Waals surface area (Å²) in [7, 11) is 0. The first-order valence-corrected chi connectivity index (χ1v) is 6.22. The van der Waals surface area contributed by atoms with Gasteiger partial charge in [-0.25, -0.2) is 0 Å². The van der Waals surface area contributed by atoms with Gasteiger partial charge in [0.15, 0.2) is 0 Å². The Morgan fingerprint density at radius 1 is 1.07 bits per heavy atom. The molecule has 0 saturated heterocycles. The Labute approximate surface area is 89.3 Å². The second-order valence-electron chi connectivity index (χ2n) is 4.40. The third-order valence-corrected chi connectivity index (χ3v) is 2.77. The maximum Gasteiger partial charge on any atom is 0.132 e. The molecule has 14 heavy (non-hydrogen) atoms. The number of carbonyl (C=O) groups excluding carboxylic acids is 1. The normalized spacial score (nSPS) is 12.8. The van der Waals surface area contributed by atoms with Crippen molar-refractivity contribution in [1.82, 2.24) is 0 Å². The number of hydrogen-bond donors (Lipinski definition) is 0. The van der Waals surface area contributed by atoms with Gasteiger partial charge in [-0.2, -0.15) is 0 Å². The minimum Gasteiger partial charge on any atom is -0.300 e. The molecule has 0 amide bonds. The van der Waals surface area contributed by atoms with Gasteiger partial charge in [-0.05, 0) is 5.92 Å².